The van der Waals surface area contributed by atoms with Gasteiger partial charge < -0.3 is 42.6 Å². The van der Waals surface area contributed by atoms with Crippen LogP contribution in [0.4, 0.5) is 23.5 Å². The van der Waals surface area contributed by atoms with Crippen LogP contribution in [0.15, 0.2) is 48.8 Å². The first-order valence-electron chi connectivity index (χ1n) is 18.5. The number of aryl methyl sites for hydroxylation is 2. The SMILES string of the molecule is COc1ccc(C)cc1C(=O)c1cnc(NC2CCC(N)CC2)nc1N.COc1ccc(C)cc1C(=O)c1cnc(NC2CCC(NC(C)=O)CC2)nc1N. The summed E-state index contributed by atoms with van der Waals surface area (Å²) >= 11 is 0. The van der Waals surface area contributed by atoms with Crippen LogP contribution in [0.5, 0.6) is 11.5 Å². The summed E-state index contributed by atoms with van der Waals surface area (Å²) in [6.45, 7) is 5.36. The number of anilines is 4. The van der Waals surface area contributed by atoms with Crippen LogP contribution in [-0.2, 0) is 4.79 Å². The van der Waals surface area contributed by atoms with Gasteiger partial charge in [-0.25, -0.2) is 9.97 Å². The van der Waals surface area contributed by atoms with E-state index in [9.17, 15) is 14.4 Å². The summed E-state index contributed by atoms with van der Waals surface area (Å²) < 4.78 is 10.6. The highest BCUT2D eigenvalue weighted by Gasteiger charge is 2.25. The molecule has 55 heavy (non-hydrogen) atoms. The number of rotatable bonds is 11. The van der Waals surface area contributed by atoms with Crippen LogP contribution in [0.1, 0.15) is 101 Å². The van der Waals surface area contributed by atoms with Crippen LogP contribution < -0.4 is 42.6 Å². The number of benzene rings is 2. The zero-order valence-electron chi connectivity index (χ0n) is 32.1. The van der Waals surface area contributed by atoms with E-state index in [2.05, 4.69) is 35.9 Å². The Bertz CT molecular complexity index is 1990. The summed E-state index contributed by atoms with van der Waals surface area (Å²) in [6, 6.07) is 11.8. The van der Waals surface area contributed by atoms with Crippen LogP contribution in [-0.4, -0.2) is 75.8 Å². The Hall–Kier alpha value is -5.83. The molecule has 2 heterocycles. The highest BCUT2D eigenvalue weighted by molar-refractivity contribution is 6.13. The Kier molecular flexibility index (Phi) is 13.6. The lowest BCUT2D eigenvalue weighted by Crippen LogP contribution is -2.39. The van der Waals surface area contributed by atoms with Gasteiger partial charge in [0.2, 0.25) is 29.4 Å². The molecule has 0 radical (unpaired) electrons. The van der Waals surface area contributed by atoms with Gasteiger partial charge in [0.1, 0.15) is 23.1 Å². The molecule has 2 fully saturated rings. The third-order valence-electron chi connectivity index (χ3n) is 9.90. The maximum absolute atomic E-state index is 12.9. The molecule has 2 saturated carbocycles. The molecule has 0 aliphatic heterocycles. The molecule has 15 heteroatoms. The van der Waals surface area contributed by atoms with Crippen LogP contribution in [0.25, 0.3) is 0 Å². The zero-order valence-corrected chi connectivity index (χ0v) is 32.1. The minimum atomic E-state index is -0.273. The smallest absolute Gasteiger partial charge is 0.224 e. The van der Waals surface area contributed by atoms with E-state index in [1.54, 1.807) is 24.3 Å². The molecule has 9 N–H and O–H groups in total. The maximum Gasteiger partial charge on any atom is 0.224 e. The molecular weight excluding hydrogens is 701 g/mol. The molecule has 0 bridgehead atoms. The molecule has 1 amide bonds. The summed E-state index contributed by atoms with van der Waals surface area (Å²) in [7, 11) is 3.05. The fourth-order valence-electron chi connectivity index (χ4n) is 6.87. The van der Waals surface area contributed by atoms with Gasteiger partial charge >= 0.3 is 0 Å². The summed E-state index contributed by atoms with van der Waals surface area (Å²) in [4.78, 5) is 54.1. The molecule has 2 aliphatic rings. The van der Waals surface area contributed by atoms with Crippen molar-refractivity contribution >= 4 is 41.0 Å². The second-order valence-corrected chi connectivity index (χ2v) is 14.2. The van der Waals surface area contributed by atoms with E-state index in [0.717, 1.165) is 62.5 Å². The summed E-state index contributed by atoms with van der Waals surface area (Å²) in [5.74, 6) is 1.59. The Morgan fingerprint density at radius 1 is 0.636 bits per heavy atom. The number of aromatic nitrogens is 4. The normalized spacial score (nSPS) is 19.2. The maximum atomic E-state index is 12.9. The number of carbonyl (C=O) groups is 3. The monoisotopic (exact) mass is 752 g/mol. The highest BCUT2D eigenvalue weighted by Crippen LogP contribution is 2.28. The molecule has 0 atom stereocenters. The molecule has 2 aromatic heterocycles. The molecular formula is C40H52N10O5. The minimum absolute atomic E-state index is 0.00279. The second-order valence-electron chi connectivity index (χ2n) is 14.2. The fourth-order valence-corrected chi connectivity index (χ4v) is 6.87. The number of ketones is 2. The van der Waals surface area contributed by atoms with Crippen molar-refractivity contribution in [1.29, 1.82) is 0 Å². The van der Waals surface area contributed by atoms with E-state index in [1.807, 2.05) is 26.0 Å². The van der Waals surface area contributed by atoms with Crippen molar-refractivity contribution in [3.8, 4) is 11.5 Å². The Morgan fingerprint density at radius 2 is 1.04 bits per heavy atom. The van der Waals surface area contributed by atoms with Crippen molar-refractivity contribution in [2.45, 2.75) is 96.3 Å². The van der Waals surface area contributed by atoms with E-state index < -0.39 is 0 Å². The first kappa shape index (κ1) is 40.4. The average molecular weight is 753 g/mol. The van der Waals surface area contributed by atoms with Gasteiger partial charge in [-0.3, -0.25) is 14.4 Å². The first-order chi connectivity index (χ1) is 26.3. The van der Waals surface area contributed by atoms with Gasteiger partial charge in [0.05, 0.1) is 36.5 Å². The van der Waals surface area contributed by atoms with Gasteiger partial charge in [0.15, 0.2) is 0 Å². The Morgan fingerprint density at radius 3 is 1.42 bits per heavy atom. The van der Waals surface area contributed by atoms with Gasteiger partial charge in [-0.1, -0.05) is 23.3 Å². The van der Waals surface area contributed by atoms with Crippen molar-refractivity contribution in [1.82, 2.24) is 25.3 Å². The van der Waals surface area contributed by atoms with E-state index >= 15 is 0 Å². The lowest BCUT2D eigenvalue weighted by molar-refractivity contribution is -0.119. The quantitative estimate of drug-likeness (QED) is 0.113. The first-order valence-corrected chi connectivity index (χ1v) is 18.5. The van der Waals surface area contributed by atoms with Crippen molar-refractivity contribution in [2.24, 2.45) is 5.73 Å². The summed E-state index contributed by atoms with van der Waals surface area (Å²) in [5, 5.41) is 9.53. The Balaban J connectivity index is 0.000000212. The van der Waals surface area contributed by atoms with E-state index in [-0.39, 0.29) is 64.4 Å². The van der Waals surface area contributed by atoms with E-state index in [0.29, 0.717) is 34.5 Å². The van der Waals surface area contributed by atoms with Crippen LogP contribution in [0.2, 0.25) is 0 Å². The molecule has 6 rings (SSSR count). The molecule has 292 valence electrons. The number of carbonyl (C=O) groups excluding carboxylic acids is 3. The molecule has 0 spiro atoms. The Labute approximate surface area is 321 Å². The number of ether oxygens (including phenoxy) is 2. The zero-order chi connectivity index (χ0) is 39.6. The minimum Gasteiger partial charge on any atom is -0.496 e. The van der Waals surface area contributed by atoms with E-state index in [4.69, 9.17) is 26.7 Å². The lowest BCUT2D eigenvalue weighted by atomic mass is 9.91. The van der Waals surface area contributed by atoms with Crippen molar-refractivity contribution < 1.29 is 23.9 Å². The lowest BCUT2D eigenvalue weighted by Gasteiger charge is -2.29. The van der Waals surface area contributed by atoms with Crippen LogP contribution >= 0.6 is 0 Å². The molecule has 2 aliphatic carbocycles. The second kappa shape index (κ2) is 18.5. The number of hydrogen-bond donors (Lipinski definition) is 6. The number of nitrogens with one attached hydrogen (secondary N) is 3. The number of methoxy groups -OCH3 is 2. The molecule has 15 nitrogen and oxygen atoms in total. The largest absolute Gasteiger partial charge is 0.496 e. The molecule has 0 unspecified atom stereocenters. The average Bonchev–Trinajstić information content (AvgIpc) is 3.16. The highest BCUT2D eigenvalue weighted by atomic mass is 16.5. The third kappa shape index (κ3) is 10.7. The predicted molar refractivity (Wildman–Crippen MR) is 213 cm³/mol. The van der Waals surface area contributed by atoms with Crippen LogP contribution in [0.3, 0.4) is 0 Å². The van der Waals surface area contributed by atoms with Gasteiger partial charge in [-0.15, -0.1) is 0 Å². The molecule has 2 aromatic carbocycles. The molecule has 0 saturated heterocycles. The number of nitrogens with zero attached hydrogens (tertiary/aromatic N) is 4. The molecule has 4 aromatic rings. The van der Waals surface area contributed by atoms with Crippen molar-refractivity contribution in [3.05, 3.63) is 82.2 Å². The van der Waals surface area contributed by atoms with Gasteiger partial charge in [-0.2, -0.15) is 9.97 Å². The fraction of sp³-hybridized carbons (Fsp3) is 0.425. The van der Waals surface area contributed by atoms with Crippen LogP contribution in [0, 0.1) is 13.8 Å². The summed E-state index contributed by atoms with van der Waals surface area (Å²) in [5.41, 5.74) is 21.3. The van der Waals surface area contributed by atoms with Crippen molar-refractivity contribution in [2.75, 3.05) is 36.3 Å². The van der Waals surface area contributed by atoms with E-state index in [1.165, 1.54) is 33.5 Å². The standard InChI is InChI=1S/C21H27N5O3.C19H25N5O2/c1-12-4-9-18(29-3)16(10-12)19(28)17-11-23-21(26-20(17)22)25-15-7-5-14(6-8-15)24-13(2)27;1-11-3-8-16(26-2)14(9-11)17(25)15-10-22-19(24-18(15)21)23-13-6-4-12(20)5-7-13/h4,9-11,14-15H,5-8H2,1-3H3,(H,24,27)(H3,22,23,25,26);3,8-10,12-13H,4-7,20H2,1-2H3,(H3,21,22,23,24). The number of hydrogen-bond acceptors (Lipinski definition) is 14. The summed E-state index contributed by atoms with van der Waals surface area (Å²) in [6.07, 6.45) is 10.4. The predicted octanol–water partition coefficient (Wildman–Crippen LogP) is 4.75. The number of nitrogens with two attached hydrogens (primary N) is 3. The number of nitrogen functional groups attached to an aromatic ring is 2. The third-order valence-corrected chi connectivity index (χ3v) is 9.90. The van der Waals surface area contributed by atoms with Gasteiger partial charge in [0.25, 0.3) is 0 Å². The topological polar surface area (TPSA) is 235 Å². The van der Waals surface area contributed by atoms with Gasteiger partial charge in [-0.05, 0) is 89.5 Å². The number of amides is 1. The van der Waals surface area contributed by atoms with Crippen molar-refractivity contribution in [3.63, 3.8) is 0 Å². The van der Waals surface area contributed by atoms with Gasteiger partial charge in [0, 0.05) is 43.5 Å².